The zero-order valence-corrected chi connectivity index (χ0v) is 7.59. The second-order valence-corrected chi connectivity index (χ2v) is 3.67. The first-order chi connectivity index (χ1) is 4.20. The topological polar surface area (TPSA) is 17.1 Å². The summed E-state index contributed by atoms with van der Waals surface area (Å²) in [4.78, 5) is 11.2. The van der Waals surface area contributed by atoms with Gasteiger partial charge in [0.1, 0.15) is 0 Å². The number of hydrogen-bond acceptors (Lipinski definition) is 2. The number of halogens is 1. The molecule has 0 spiro atoms. The predicted octanol–water partition coefficient (Wildman–Crippen LogP) is 2.58. The largest absolute Gasteiger partial charge is 0.281 e. The van der Waals surface area contributed by atoms with Crippen LogP contribution in [0.1, 0.15) is 9.67 Å². The Kier molecular flexibility index (Phi) is 2.32. The summed E-state index contributed by atoms with van der Waals surface area (Å²) >= 11 is 8.26. The van der Waals surface area contributed by atoms with E-state index >= 15 is 0 Å². The summed E-state index contributed by atoms with van der Waals surface area (Å²) in [6.45, 7) is 0. The monoisotopic (exact) mass is 222 g/mol. The van der Waals surface area contributed by atoms with E-state index in [0.717, 1.165) is 4.47 Å². The van der Waals surface area contributed by atoms with Gasteiger partial charge in [0.25, 0.3) is 0 Å². The van der Waals surface area contributed by atoms with Gasteiger partial charge in [-0.2, -0.15) is 0 Å². The van der Waals surface area contributed by atoms with Crippen LogP contribution in [-0.4, -0.2) is 5.12 Å². The maximum absolute atomic E-state index is 10.5. The Morgan fingerprint density at radius 3 is 2.67 bits per heavy atom. The minimum atomic E-state index is -0.175. The molecule has 0 aromatic carbocycles. The molecule has 0 saturated heterocycles. The Morgan fingerprint density at radius 1 is 1.78 bits per heavy atom. The zero-order chi connectivity index (χ0) is 6.85. The SMILES string of the molecule is O=C(S)c1cc(Br)cs1. The molecule has 0 atom stereocenters. The van der Waals surface area contributed by atoms with Crippen LogP contribution >= 0.6 is 39.9 Å². The highest BCUT2D eigenvalue weighted by Gasteiger charge is 2.01. The zero-order valence-electron chi connectivity index (χ0n) is 4.30. The summed E-state index contributed by atoms with van der Waals surface area (Å²) < 4.78 is 0.935. The molecular weight excluding hydrogens is 220 g/mol. The summed E-state index contributed by atoms with van der Waals surface area (Å²) in [6, 6.07) is 1.75. The summed E-state index contributed by atoms with van der Waals surface area (Å²) in [5.74, 6) is 0. The lowest BCUT2D eigenvalue weighted by molar-refractivity contribution is 0.109. The molecule has 0 aliphatic carbocycles. The molecule has 0 unspecified atom stereocenters. The van der Waals surface area contributed by atoms with Crippen LogP contribution in [0, 0.1) is 0 Å². The molecular formula is C5H3BrOS2. The summed E-state index contributed by atoms with van der Waals surface area (Å²) in [7, 11) is 0. The molecule has 4 heteroatoms. The maximum Gasteiger partial charge on any atom is 0.226 e. The lowest BCUT2D eigenvalue weighted by Crippen LogP contribution is -1.78. The molecule has 1 heterocycles. The van der Waals surface area contributed by atoms with E-state index in [9.17, 15) is 4.79 Å². The van der Waals surface area contributed by atoms with Gasteiger partial charge >= 0.3 is 0 Å². The van der Waals surface area contributed by atoms with Crippen molar-refractivity contribution >= 4 is 45.0 Å². The van der Waals surface area contributed by atoms with Crippen molar-refractivity contribution in [1.82, 2.24) is 0 Å². The van der Waals surface area contributed by atoms with E-state index in [1.54, 1.807) is 6.07 Å². The van der Waals surface area contributed by atoms with Crippen molar-refractivity contribution in [2.75, 3.05) is 0 Å². The third kappa shape index (κ3) is 1.81. The highest BCUT2D eigenvalue weighted by molar-refractivity contribution is 9.10. The molecule has 9 heavy (non-hydrogen) atoms. The molecule has 0 saturated carbocycles. The van der Waals surface area contributed by atoms with Crippen molar-refractivity contribution in [2.45, 2.75) is 0 Å². The van der Waals surface area contributed by atoms with Crippen molar-refractivity contribution in [2.24, 2.45) is 0 Å². The lowest BCUT2D eigenvalue weighted by atomic mass is 10.5. The molecule has 0 amide bonds. The third-order valence-electron chi connectivity index (χ3n) is 0.778. The van der Waals surface area contributed by atoms with Crippen molar-refractivity contribution in [1.29, 1.82) is 0 Å². The molecule has 0 fully saturated rings. The van der Waals surface area contributed by atoms with E-state index in [2.05, 4.69) is 28.6 Å². The van der Waals surface area contributed by atoms with Gasteiger partial charge in [0, 0.05) is 9.85 Å². The molecule has 0 N–H and O–H groups in total. The summed E-state index contributed by atoms with van der Waals surface area (Å²) in [6.07, 6.45) is 0. The van der Waals surface area contributed by atoms with Crippen LogP contribution in [-0.2, 0) is 0 Å². The fourth-order valence-corrected chi connectivity index (χ4v) is 1.91. The first-order valence-corrected chi connectivity index (χ1v) is 4.29. The average Bonchev–Trinajstić information content (AvgIpc) is 2.14. The quantitative estimate of drug-likeness (QED) is 0.724. The van der Waals surface area contributed by atoms with Gasteiger partial charge in [0.05, 0.1) is 4.88 Å². The Bertz CT molecular complexity index is 231. The Balaban J connectivity index is 2.98. The van der Waals surface area contributed by atoms with Gasteiger partial charge in [-0.25, -0.2) is 0 Å². The number of rotatable bonds is 1. The van der Waals surface area contributed by atoms with E-state index in [1.807, 2.05) is 5.38 Å². The minimum Gasteiger partial charge on any atom is -0.281 e. The molecule has 0 radical (unpaired) electrons. The number of thiophene rings is 1. The molecule has 1 aromatic heterocycles. The molecule has 1 aromatic rings. The Morgan fingerprint density at radius 2 is 2.44 bits per heavy atom. The number of thiol groups is 1. The second-order valence-electron chi connectivity index (χ2n) is 1.43. The fraction of sp³-hybridized carbons (Fsp3) is 0. The van der Waals surface area contributed by atoms with Crippen molar-refractivity contribution in [3.05, 3.63) is 20.8 Å². The third-order valence-corrected chi connectivity index (χ3v) is 2.86. The molecule has 0 aliphatic rings. The first kappa shape index (κ1) is 7.31. The van der Waals surface area contributed by atoms with Crippen molar-refractivity contribution in [3.8, 4) is 0 Å². The first-order valence-electron chi connectivity index (χ1n) is 2.17. The van der Waals surface area contributed by atoms with Crippen LogP contribution < -0.4 is 0 Å². The number of hydrogen-bond donors (Lipinski definition) is 1. The summed E-state index contributed by atoms with van der Waals surface area (Å²) in [5, 5.41) is 1.68. The normalized spacial score (nSPS) is 9.56. The van der Waals surface area contributed by atoms with E-state index < -0.39 is 0 Å². The van der Waals surface area contributed by atoms with Gasteiger partial charge in [-0.05, 0) is 22.0 Å². The lowest BCUT2D eigenvalue weighted by Gasteiger charge is -1.79. The average molecular weight is 223 g/mol. The number of carbonyl (C=O) groups excluding carboxylic acids is 1. The van der Waals surface area contributed by atoms with E-state index in [4.69, 9.17) is 0 Å². The van der Waals surface area contributed by atoms with Gasteiger partial charge < -0.3 is 0 Å². The van der Waals surface area contributed by atoms with E-state index in [-0.39, 0.29) is 5.12 Å². The van der Waals surface area contributed by atoms with Gasteiger partial charge in [-0.3, -0.25) is 4.79 Å². The van der Waals surface area contributed by atoms with Crippen molar-refractivity contribution < 1.29 is 4.79 Å². The van der Waals surface area contributed by atoms with Crippen LogP contribution in [0.3, 0.4) is 0 Å². The highest BCUT2D eigenvalue weighted by Crippen LogP contribution is 2.20. The molecule has 1 rings (SSSR count). The fourth-order valence-electron chi connectivity index (χ4n) is 0.425. The van der Waals surface area contributed by atoms with Gasteiger partial charge in [0.15, 0.2) is 0 Å². The van der Waals surface area contributed by atoms with Crippen LogP contribution in [0.15, 0.2) is 15.9 Å². The smallest absolute Gasteiger partial charge is 0.226 e. The standard InChI is InChI=1S/C5H3BrOS2/c6-3-1-4(5(7)8)9-2-3/h1-2H,(H,7,8). The van der Waals surface area contributed by atoms with Crippen LogP contribution in [0.4, 0.5) is 0 Å². The van der Waals surface area contributed by atoms with Gasteiger partial charge in [-0.15, -0.1) is 11.3 Å². The van der Waals surface area contributed by atoms with Crippen LogP contribution in [0.2, 0.25) is 0 Å². The van der Waals surface area contributed by atoms with E-state index in [1.165, 1.54) is 11.3 Å². The second kappa shape index (κ2) is 2.86. The molecule has 0 aliphatic heterocycles. The van der Waals surface area contributed by atoms with Crippen LogP contribution in [0.25, 0.3) is 0 Å². The highest BCUT2D eigenvalue weighted by atomic mass is 79.9. The molecule has 0 bridgehead atoms. The molecule has 1 nitrogen and oxygen atoms in total. The van der Waals surface area contributed by atoms with Crippen LogP contribution in [0.5, 0.6) is 0 Å². The maximum atomic E-state index is 10.5. The van der Waals surface area contributed by atoms with Gasteiger partial charge in [-0.1, -0.05) is 12.6 Å². The van der Waals surface area contributed by atoms with Gasteiger partial charge in [0.2, 0.25) is 5.12 Å². The Labute approximate surface area is 70.6 Å². The predicted molar refractivity (Wildman–Crippen MR) is 45.3 cm³/mol. The minimum absolute atomic E-state index is 0.175. The Hall–Kier alpha value is 0.200. The molecule has 48 valence electrons. The summed E-state index contributed by atoms with van der Waals surface area (Å²) in [5.41, 5.74) is 0. The van der Waals surface area contributed by atoms with Crippen molar-refractivity contribution in [3.63, 3.8) is 0 Å². The van der Waals surface area contributed by atoms with E-state index in [0.29, 0.717) is 4.88 Å². The number of carbonyl (C=O) groups is 1.